The number of fused-ring (bicyclic) bond motifs is 2. The van der Waals surface area contributed by atoms with Crippen LogP contribution in [0.5, 0.6) is 0 Å². The zero-order valence-corrected chi connectivity index (χ0v) is 18.9. The van der Waals surface area contributed by atoms with E-state index in [4.69, 9.17) is 14.2 Å². The van der Waals surface area contributed by atoms with E-state index in [1.54, 1.807) is 21.0 Å². The molecule has 0 amide bonds. The van der Waals surface area contributed by atoms with Crippen molar-refractivity contribution in [2.45, 2.75) is 80.2 Å². The van der Waals surface area contributed by atoms with Gasteiger partial charge >= 0.3 is 0 Å². The van der Waals surface area contributed by atoms with Crippen molar-refractivity contribution in [3.05, 3.63) is 24.0 Å². The predicted octanol–water partition coefficient (Wildman–Crippen LogP) is -2.64. The maximum atomic E-state index is 11.6. The first-order valence-corrected chi connectivity index (χ1v) is 11.1. The molecule has 32 heavy (non-hydrogen) atoms. The van der Waals surface area contributed by atoms with Crippen LogP contribution in [-0.2, 0) is 27.8 Å². The minimum absolute atomic E-state index is 0.0219. The number of ether oxygens (including phenoxy) is 3. The summed E-state index contributed by atoms with van der Waals surface area (Å²) in [5.41, 5.74) is -0.718. The zero-order chi connectivity index (χ0) is 23.3. The molecule has 1 aromatic heterocycles. The molecule has 10 atom stereocenters. The van der Waals surface area contributed by atoms with Gasteiger partial charge in [-0.2, -0.15) is 0 Å². The molecule has 1 aromatic rings. The number of aromatic nitrogens is 1. The summed E-state index contributed by atoms with van der Waals surface area (Å²) in [4.78, 5) is 0. The first kappa shape index (κ1) is 24.0. The molecule has 0 spiro atoms. The van der Waals surface area contributed by atoms with Crippen molar-refractivity contribution < 1.29 is 34.6 Å². The van der Waals surface area contributed by atoms with Gasteiger partial charge in [0.15, 0.2) is 0 Å². The molecule has 0 aromatic carbocycles. The van der Waals surface area contributed by atoms with E-state index < -0.39 is 60.3 Å². The number of hydrogen-bond donors (Lipinski definition) is 7. The SMILES string of the molecule is CN[C@@H]1[C@H](O)[C@H](NC)C2O[C@]3(O)C(OC2[C@H]1O)O[C@H](C)C[C@@]3(O)CNCc1cccn1C. The summed E-state index contributed by atoms with van der Waals surface area (Å²) < 4.78 is 19.9. The van der Waals surface area contributed by atoms with E-state index in [9.17, 15) is 20.4 Å². The molecule has 3 fully saturated rings. The maximum absolute atomic E-state index is 11.6. The van der Waals surface area contributed by atoms with Crippen LogP contribution >= 0.6 is 0 Å². The molecule has 3 heterocycles. The Labute approximate surface area is 187 Å². The van der Waals surface area contributed by atoms with Crippen molar-refractivity contribution in [1.82, 2.24) is 20.5 Å². The largest absolute Gasteiger partial charge is 0.390 e. The first-order valence-electron chi connectivity index (χ1n) is 11.1. The molecule has 182 valence electrons. The minimum atomic E-state index is -2.21. The summed E-state index contributed by atoms with van der Waals surface area (Å²) in [5, 5.41) is 53.9. The van der Waals surface area contributed by atoms with Gasteiger partial charge < -0.3 is 55.2 Å². The lowest BCUT2D eigenvalue weighted by Crippen LogP contribution is -2.81. The average Bonchev–Trinajstić information content (AvgIpc) is 3.14. The Morgan fingerprint density at radius 1 is 1.09 bits per heavy atom. The molecule has 11 heteroatoms. The third kappa shape index (κ3) is 3.80. The van der Waals surface area contributed by atoms with Crippen LogP contribution in [0.15, 0.2) is 18.3 Å². The second-order valence-electron chi connectivity index (χ2n) is 9.22. The Morgan fingerprint density at radius 2 is 1.81 bits per heavy atom. The molecule has 11 nitrogen and oxygen atoms in total. The molecule has 2 saturated heterocycles. The summed E-state index contributed by atoms with van der Waals surface area (Å²) in [6.07, 6.45) is -3.63. The fourth-order valence-electron chi connectivity index (χ4n) is 5.31. The molecule has 2 aliphatic heterocycles. The van der Waals surface area contributed by atoms with E-state index in [1.807, 2.05) is 29.9 Å². The highest BCUT2D eigenvalue weighted by Gasteiger charge is 2.68. The molecule has 0 radical (unpaired) electrons. The van der Waals surface area contributed by atoms with Gasteiger partial charge in [0, 0.05) is 38.4 Å². The standard InChI is InChI=1S/C21H36N4O7/c1-11-8-20(28,10-24-9-12-6-5-7-25(12)4)21(29)19(30-11)31-18-16(27)13(22-2)15(26)14(23-3)17(18)32-21/h5-7,11,13-19,22-24,26-29H,8-10H2,1-4H3/t11-,13-,14+,15+,16+,17?,18?,19?,20-,21-/m1/s1. The Balaban J connectivity index is 1.58. The summed E-state index contributed by atoms with van der Waals surface area (Å²) in [5.74, 6) is -2.21. The van der Waals surface area contributed by atoms with Gasteiger partial charge in [0.2, 0.25) is 12.1 Å². The zero-order valence-electron chi connectivity index (χ0n) is 18.9. The lowest BCUT2D eigenvalue weighted by molar-refractivity contribution is -0.482. The molecule has 7 N–H and O–H groups in total. The van der Waals surface area contributed by atoms with Crippen LogP contribution in [-0.4, -0.2) is 106 Å². The quantitative estimate of drug-likeness (QED) is 0.242. The number of aryl methyl sites for hydroxylation is 1. The Morgan fingerprint density at radius 3 is 2.44 bits per heavy atom. The van der Waals surface area contributed by atoms with Crippen molar-refractivity contribution in [3.63, 3.8) is 0 Å². The summed E-state index contributed by atoms with van der Waals surface area (Å²) in [6.45, 7) is 2.29. The summed E-state index contributed by atoms with van der Waals surface area (Å²) in [7, 11) is 5.22. The monoisotopic (exact) mass is 456 g/mol. The molecule has 1 saturated carbocycles. The fraction of sp³-hybridized carbons (Fsp3) is 0.810. The number of aliphatic hydroxyl groups excluding tert-OH is 2. The number of aliphatic hydroxyl groups is 4. The van der Waals surface area contributed by atoms with E-state index in [2.05, 4.69) is 16.0 Å². The lowest BCUT2D eigenvalue weighted by Gasteiger charge is -2.60. The average molecular weight is 457 g/mol. The third-order valence-electron chi connectivity index (χ3n) is 7.12. The van der Waals surface area contributed by atoms with E-state index in [-0.39, 0.29) is 13.0 Å². The Hall–Kier alpha value is -1.12. The van der Waals surface area contributed by atoms with Gasteiger partial charge in [0.1, 0.15) is 23.9 Å². The molecule has 3 unspecified atom stereocenters. The van der Waals surface area contributed by atoms with Gasteiger partial charge in [0.05, 0.1) is 24.3 Å². The van der Waals surface area contributed by atoms with E-state index in [0.717, 1.165) is 5.69 Å². The highest BCUT2D eigenvalue weighted by atomic mass is 16.8. The first-order chi connectivity index (χ1) is 15.1. The maximum Gasteiger partial charge on any atom is 0.249 e. The molecular formula is C21H36N4O7. The van der Waals surface area contributed by atoms with Crippen LogP contribution in [0.3, 0.4) is 0 Å². The second-order valence-corrected chi connectivity index (χ2v) is 9.22. The predicted molar refractivity (Wildman–Crippen MR) is 113 cm³/mol. The van der Waals surface area contributed by atoms with Crippen molar-refractivity contribution in [2.24, 2.45) is 7.05 Å². The highest BCUT2D eigenvalue weighted by molar-refractivity contribution is 5.13. The van der Waals surface area contributed by atoms with Gasteiger partial charge in [-0.05, 0) is 33.2 Å². The van der Waals surface area contributed by atoms with Crippen molar-refractivity contribution in [1.29, 1.82) is 0 Å². The van der Waals surface area contributed by atoms with Gasteiger partial charge in [-0.25, -0.2) is 0 Å². The topological polar surface area (TPSA) is 150 Å². The highest BCUT2D eigenvalue weighted by Crippen LogP contribution is 2.46. The van der Waals surface area contributed by atoms with Gasteiger partial charge in [-0.3, -0.25) is 0 Å². The van der Waals surface area contributed by atoms with E-state index in [1.165, 1.54) is 0 Å². The van der Waals surface area contributed by atoms with Crippen LogP contribution in [0.1, 0.15) is 19.0 Å². The molecule has 4 rings (SSSR count). The molecule has 1 aliphatic carbocycles. The number of nitrogens with zero attached hydrogens (tertiary/aromatic N) is 1. The fourth-order valence-corrected chi connectivity index (χ4v) is 5.31. The smallest absolute Gasteiger partial charge is 0.249 e. The Kier molecular flexibility index (Phi) is 6.69. The summed E-state index contributed by atoms with van der Waals surface area (Å²) >= 11 is 0. The number of rotatable bonds is 6. The van der Waals surface area contributed by atoms with Crippen LogP contribution < -0.4 is 16.0 Å². The van der Waals surface area contributed by atoms with Crippen LogP contribution in [0, 0.1) is 0 Å². The molecular weight excluding hydrogens is 420 g/mol. The van der Waals surface area contributed by atoms with E-state index >= 15 is 0 Å². The van der Waals surface area contributed by atoms with Gasteiger partial charge in [-0.1, -0.05) is 0 Å². The minimum Gasteiger partial charge on any atom is -0.390 e. The second kappa shape index (κ2) is 8.91. The normalized spacial score (nSPS) is 46.5. The van der Waals surface area contributed by atoms with Gasteiger partial charge in [-0.15, -0.1) is 0 Å². The molecule has 0 bridgehead atoms. The lowest BCUT2D eigenvalue weighted by atomic mass is 9.77. The molecule has 3 aliphatic rings. The number of likely N-dealkylation sites (N-methyl/N-ethyl adjacent to an activating group) is 2. The van der Waals surface area contributed by atoms with Crippen molar-refractivity contribution in [3.8, 4) is 0 Å². The van der Waals surface area contributed by atoms with Crippen molar-refractivity contribution in [2.75, 3.05) is 20.6 Å². The number of nitrogens with one attached hydrogen (secondary N) is 3. The van der Waals surface area contributed by atoms with Crippen molar-refractivity contribution >= 4 is 0 Å². The van der Waals surface area contributed by atoms with Crippen LogP contribution in [0.2, 0.25) is 0 Å². The van der Waals surface area contributed by atoms with E-state index in [0.29, 0.717) is 6.54 Å². The van der Waals surface area contributed by atoms with Crippen LogP contribution in [0.4, 0.5) is 0 Å². The summed E-state index contributed by atoms with van der Waals surface area (Å²) in [6, 6.07) is 2.56. The number of hydrogen-bond acceptors (Lipinski definition) is 10. The van der Waals surface area contributed by atoms with Gasteiger partial charge in [0.25, 0.3) is 0 Å². The Bertz CT molecular complexity index is 796. The van der Waals surface area contributed by atoms with Crippen LogP contribution in [0.25, 0.3) is 0 Å². The third-order valence-corrected chi connectivity index (χ3v) is 7.12.